The summed E-state index contributed by atoms with van der Waals surface area (Å²) in [6.07, 6.45) is 8.57. The van der Waals surface area contributed by atoms with Crippen LogP contribution in [0.2, 0.25) is 0 Å². The van der Waals surface area contributed by atoms with Crippen LogP contribution in [0.3, 0.4) is 0 Å². The van der Waals surface area contributed by atoms with Crippen LogP contribution in [-0.2, 0) is 11.8 Å². The van der Waals surface area contributed by atoms with Crippen molar-refractivity contribution in [3.8, 4) is 0 Å². The Labute approximate surface area is 102 Å². The van der Waals surface area contributed by atoms with Gasteiger partial charge < -0.3 is 9.55 Å². The van der Waals surface area contributed by atoms with Crippen molar-refractivity contribution in [1.29, 1.82) is 0 Å². The third-order valence-electron chi connectivity index (χ3n) is 3.01. The maximum absolute atomic E-state index is 4.45. The van der Waals surface area contributed by atoms with Crippen molar-refractivity contribution < 1.29 is 0 Å². The van der Waals surface area contributed by atoms with Crippen LogP contribution < -0.4 is 0 Å². The van der Waals surface area contributed by atoms with Crippen molar-refractivity contribution >= 4 is 0 Å². The van der Waals surface area contributed by atoms with Gasteiger partial charge in [-0.05, 0) is 13.8 Å². The van der Waals surface area contributed by atoms with Crippen LogP contribution in [0, 0.1) is 0 Å². The molecule has 1 N–H and O–H groups in total. The standard InChI is InChI=1S/C13H20N4/c1-10(2)17-8-11(16-9-17)7-13(3,4)12-14-5-6-15-12/h5-6,8-10H,7H2,1-4H3,(H,14,15). The molecule has 0 aliphatic heterocycles. The van der Waals surface area contributed by atoms with Crippen LogP contribution in [0.15, 0.2) is 24.9 Å². The Kier molecular flexibility index (Phi) is 3.05. The molecule has 4 nitrogen and oxygen atoms in total. The van der Waals surface area contributed by atoms with Crippen LogP contribution in [0.25, 0.3) is 0 Å². The first kappa shape index (κ1) is 11.9. The van der Waals surface area contributed by atoms with Crippen LogP contribution in [0.1, 0.15) is 45.3 Å². The van der Waals surface area contributed by atoms with Crippen molar-refractivity contribution in [1.82, 2.24) is 19.5 Å². The Bertz CT molecular complexity index is 465. The summed E-state index contributed by atoms with van der Waals surface area (Å²) < 4.78 is 2.13. The predicted octanol–water partition coefficient (Wildman–Crippen LogP) is 2.71. The highest BCUT2D eigenvalue weighted by atomic mass is 15.1. The van der Waals surface area contributed by atoms with Gasteiger partial charge in [-0.3, -0.25) is 0 Å². The summed E-state index contributed by atoms with van der Waals surface area (Å²) in [6, 6.07) is 0.461. The molecule has 0 unspecified atom stereocenters. The van der Waals surface area contributed by atoms with E-state index in [4.69, 9.17) is 0 Å². The number of hydrogen-bond donors (Lipinski definition) is 1. The summed E-state index contributed by atoms with van der Waals surface area (Å²) in [4.78, 5) is 12.0. The van der Waals surface area contributed by atoms with E-state index in [0.29, 0.717) is 6.04 Å². The minimum Gasteiger partial charge on any atom is -0.348 e. The largest absolute Gasteiger partial charge is 0.348 e. The van der Waals surface area contributed by atoms with Gasteiger partial charge in [-0.25, -0.2) is 9.97 Å². The zero-order valence-electron chi connectivity index (χ0n) is 10.9. The van der Waals surface area contributed by atoms with E-state index in [1.54, 1.807) is 6.20 Å². The van der Waals surface area contributed by atoms with E-state index in [2.05, 4.69) is 53.4 Å². The quantitative estimate of drug-likeness (QED) is 0.881. The molecule has 4 heteroatoms. The number of hydrogen-bond acceptors (Lipinski definition) is 2. The highest BCUT2D eigenvalue weighted by Crippen LogP contribution is 2.24. The third kappa shape index (κ3) is 2.57. The fraction of sp³-hybridized carbons (Fsp3) is 0.538. The highest BCUT2D eigenvalue weighted by molar-refractivity contribution is 5.11. The van der Waals surface area contributed by atoms with Gasteiger partial charge in [-0.1, -0.05) is 13.8 Å². The minimum atomic E-state index is -0.0142. The van der Waals surface area contributed by atoms with Crippen LogP contribution in [-0.4, -0.2) is 19.5 Å². The number of nitrogens with one attached hydrogen (secondary N) is 1. The van der Waals surface area contributed by atoms with Crippen LogP contribution >= 0.6 is 0 Å². The lowest BCUT2D eigenvalue weighted by Gasteiger charge is -2.20. The molecule has 92 valence electrons. The van der Waals surface area contributed by atoms with Crippen molar-refractivity contribution in [2.24, 2.45) is 0 Å². The van der Waals surface area contributed by atoms with Crippen molar-refractivity contribution in [3.05, 3.63) is 36.4 Å². The van der Waals surface area contributed by atoms with Gasteiger partial charge >= 0.3 is 0 Å². The minimum absolute atomic E-state index is 0.0142. The topological polar surface area (TPSA) is 46.5 Å². The summed E-state index contributed by atoms with van der Waals surface area (Å²) in [5, 5.41) is 0. The molecule has 0 saturated heterocycles. The van der Waals surface area contributed by atoms with Crippen molar-refractivity contribution in [2.45, 2.75) is 45.6 Å². The van der Waals surface area contributed by atoms with Gasteiger partial charge in [0.05, 0.1) is 12.0 Å². The smallest absolute Gasteiger partial charge is 0.112 e. The Hall–Kier alpha value is -1.58. The molecular weight excluding hydrogens is 212 g/mol. The van der Waals surface area contributed by atoms with E-state index in [0.717, 1.165) is 17.9 Å². The fourth-order valence-corrected chi connectivity index (χ4v) is 1.93. The van der Waals surface area contributed by atoms with Gasteiger partial charge in [0.2, 0.25) is 0 Å². The maximum Gasteiger partial charge on any atom is 0.112 e. The molecule has 0 fully saturated rings. The molecule has 0 spiro atoms. The zero-order chi connectivity index (χ0) is 12.5. The van der Waals surface area contributed by atoms with Gasteiger partial charge in [-0.15, -0.1) is 0 Å². The summed E-state index contributed by atoms with van der Waals surface area (Å²) in [5.41, 5.74) is 1.10. The van der Waals surface area contributed by atoms with Crippen LogP contribution in [0.5, 0.6) is 0 Å². The average Bonchev–Trinajstić information content (AvgIpc) is 2.85. The molecule has 0 aromatic carbocycles. The molecule has 0 aliphatic rings. The monoisotopic (exact) mass is 232 g/mol. The Morgan fingerprint density at radius 1 is 1.35 bits per heavy atom. The Balaban J connectivity index is 2.14. The third-order valence-corrected chi connectivity index (χ3v) is 3.01. The summed E-state index contributed by atoms with van der Waals surface area (Å²) in [6.45, 7) is 8.67. The summed E-state index contributed by atoms with van der Waals surface area (Å²) >= 11 is 0. The molecule has 0 saturated carbocycles. The van der Waals surface area contributed by atoms with E-state index >= 15 is 0 Å². The number of nitrogens with zero attached hydrogens (tertiary/aromatic N) is 3. The molecule has 2 aromatic rings. The first-order valence-electron chi connectivity index (χ1n) is 6.01. The van der Waals surface area contributed by atoms with Crippen molar-refractivity contribution in [3.63, 3.8) is 0 Å². The van der Waals surface area contributed by atoms with Gasteiger partial charge in [0.1, 0.15) is 5.82 Å². The molecule has 0 aliphatic carbocycles. The van der Waals surface area contributed by atoms with Crippen LogP contribution in [0.4, 0.5) is 0 Å². The van der Waals surface area contributed by atoms with Gasteiger partial charge in [-0.2, -0.15) is 0 Å². The fourth-order valence-electron chi connectivity index (χ4n) is 1.93. The van der Waals surface area contributed by atoms with E-state index in [9.17, 15) is 0 Å². The molecule has 2 heterocycles. The molecule has 2 rings (SSSR count). The molecule has 2 aromatic heterocycles. The Morgan fingerprint density at radius 3 is 2.65 bits per heavy atom. The molecule has 0 bridgehead atoms. The van der Waals surface area contributed by atoms with E-state index in [1.165, 1.54) is 0 Å². The molecular formula is C13H20N4. The number of H-pyrrole nitrogens is 1. The lowest BCUT2D eigenvalue weighted by Crippen LogP contribution is -2.22. The molecule has 0 atom stereocenters. The van der Waals surface area contributed by atoms with Gasteiger partial charge in [0, 0.05) is 36.5 Å². The second-order valence-corrected chi connectivity index (χ2v) is 5.40. The zero-order valence-corrected chi connectivity index (χ0v) is 10.9. The molecule has 0 radical (unpaired) electrons. The lowest BCUT2D eigenvalue weighted by molar-refractivity contribution is 0.486. The summed E-state index contributed by atoms with van der Waals surface area (Å²) in [5.74, 6) is 1.01. The first-order chi connectivity index (χ1) is 7.99. The van der Waals surface area contributed by atoms with Gasteiger partial charge in [0.15, 0.2) is 0 Å². The second-order valence-electron chi connectivity index (χ2n) is 5.40. The molecule has 0 amide bonds. The van der Waals surface area contributed by atoms with E-state index < -0.39 is 0 Å². The second kappa shape index (κ2) is 4.35. The summed E-state index contributed by atoms with van der Waals surface area (Å²) in [7, 11) is 0. The highest BCUT2D eigenvalue weighted by Gasteiger charge is 2.24. The van der Waals surface area contributed by atoms with Gasteiger partial charge in [0.25, 0.3) is 0 Å². The Morgan fingerprint density at radius 2 is 2.12 bits per heavy atom. The average molecular weight is 232 g/mol. The predicted molar refractivity (Wildman–Crippen MR) is 67.9 cm³/mol. The van der Waals surface area contributed by atoms with Crippen molar-refractivity contribution in [2.75, 3.05) is 0 Å². The SMILES string of the molecule is CC(C)n1cnc(CC(C)(C)c2ncc[nH]2)c1. The normalized spacial score (nSPS) is 12.3. The first-order valence-corrected chi connectivity index (χ1v) is 6.01. The number of aromatic nitrogens is 4. The molecule has 17 heavy (non-hydrogen) atoms. The number of rotatable bonds is 4. The number of aromatic amines is 1. The van der Waals surface area contributed by atoms with E-state index in [1.807, 2.05) is 12.5 Å². The maximum atomic E-state index is 4.45. The van der Waals surface area contributed by atoms with E-state index in [-0.39, 0.29) is 5.41 Å². The number of imidazole rings is 2. The lowest BCUT2D eigenvalue weighted by atomic mass is 9.87.